The SMILES string of the molecule is COC(=O)/C=C(/CBr)OC(C)=O. The molecule has 0 amide bonds. The Morgan fingerprint density at radius 1 is 1.50 bits per heavy atom. The Kier molecular flexibility index (Phi) is 5.36. The number of ether oxygens (including phenoxy) is 2. The van der Waals surface area contributed by atoms with Crippen molar-refractivity contribution in [1.82, 2.24) is 0 Å². The van der Waals surface area contributed by atoms with Crippen molar-refractivity contribution in [3.8, 4) is 0 Å². The molecule has 5 heteroatoms. The lowest BCUT2D eigenvalue weighted by atomic mass is 10.5. The van der Waals surface area contributed by atoms with E-state index in [-0.39, 0.29) is 5.76 Å². The molecule has 12 heavy (non-hydrogen) atoms. The van der Waals surface area contributed by atoms with Gasteiger partial charge in [0.25, 0.3) is 0 Å². The van der Waals surface area contributed by atoms with Crippen LogP contribution in [0.15, 0.2) is 11.8 Å². The maximum atomic E-state index is 10.7. The summed E-state index contributed by atoms with van der Waals surface area (Å²) >= 11 is 3.05. The summed E-state index contributed by atoms with van der Waals surface area (Å²) in [5.74, 6) is -0.787. The number of methoxy groups -OCH3 is 1. The summed E-state index contributed by atoms with van der Waals surface area (Å²) in [7, 11) is 1.25. The second-order valence-corrected chi connectivity index (χ2v) is 2.42. The zero-order valence-electron chi connectivity index (χ0n) is 6.80. The molecule has 0 aromatic heterocycles. The quantitative estimate of drug-likeness (QED) is 0.318. The van der Waals surface area contributed by atoms with Crippen molar-refractivity contribution in [2.75, 3.05) is 12.4 Å². The molecule has 0 bridgehead atoms. The number of esters is 2. The van der Waals surface area contributed by atoms with Gasteiger partial charge in [-0.1, -0.05) is 15.9 Å². The van der Waals surface area contributed by atoms with E-state index in [1.807, 2.05) is 0 Å². The predicted octanol–water partition coefficient (Wildman–Crippen LogP) is 1.00. The van der Waals surface area contributed by atoms with Crippen LogP contribution in [0, 0.1) is 0 Å². The van der Waals surface area contributed by atoms with Crippen LogP contribution in [0.3, 0.4) is 0 Å². The van der Waals surface area contributed by atoms with Gasteiger partial charge in [0.2, 0.25) is 0 Å². The van der Waals surface area contributed by atoms with Crippen molar-refractivity contribution in [1.29, 1.82) is 0 Å². The summed E-state index contributed by atoms with van der Waals surface area (Å²) in [6.45, 7) is 1.26. The highest BCUT2D eigenvalue weighted by molar-refractivity contribution is 9.09. The van der Waals surface area contributed by atoms with Crippen molar-refractivity contribution < 1.29 is 19.1 Å². The Morgan fingerprint density at radius 2 is 2.08 bits per heavy atom. The zero-order valence-corrected chi connectivity index (χ0v) is 8.38. The van der Waals surface area contributed by atoms with Gasteiger partial charge in [0.15, 0.2) is 0 Å². The Hall–Kier alpha value is -0.840. The van der Waals surface area contributed by atoms with Gasteiger partial charge in [0, 0.05) is 6.92 Å². The lowest BCUT2D eigenvalue weighted by molar-refractivity contribution is -0.137. The van der Waals surface area contributed by atoms with Gasteiger partial charge in [-0.25, -0.2) is 4.79 Å². The largest absolute Gasteiger partial charge is 0.466 e. The molecule has 0 aromatic rings. The summed E-state index contributed by atoms with van der Waals surface area (Å²) in [6, 6.07) is 0. The minimum absolute atomic E-state index is 0.231. The Labute approximate surface area is 78.7 Å². The van der Waals surface area contributed by atoms with Gasteiger partial charge in [-0.3, -0.25) is 4.79 Å². The molecule has 0 saturated heterocycles. The van der Waals surface area contributed by atoms with Crippen LogP contribution in [0.5, 0.6) is 0 Å². The molecule has 0 heterocycles. The highest BCUT2D eigenvalue weighted by Crippen LogP contribution is 2.02. The summed E-state index contributed by atoms with van der Waals surface area (Å²) in [5.41, 5.74) is 0. The average molecular weight is 237 g/mol. The lowest BCUT2D eigenvalue weighted by Gasteiger charge is -2.01. The molecule has 0 spiro atoms. The number of carbonyl (C=O) groups excluding carboxylic acids is 2. The van der Waals surface area contributed by atoms with Crippen LogP contribution in [0.4, 0.5) is 0 Å². The van der Waals surface area contributed by atoms with Crippen LogP contribution in [0.1, 0.15) is 6.92 Å². The van der Waals surface area contributed by atoms with Crippen LogP contribution < -0.4 is 0 Å². The van der Waals surface area contributed by atoms with Gasteiger partial charge >= 0.3 is 11.9 Å². The number of alkyl halides is 1. The van der Waals surface area contributed by atoms with Crippen molar-refractivity contribution in [2.45, 2.75) is 6.92 Å². The van der Waals surface area contributed by atoms with Gasteiger partial charge in [0.05, 0.1) is 18.5 Å². The summed E-state index contributed by atoms with van der Waals surface area (Å²) in [4.78, 5) is 21.1. The second-order valence-electron chi connectivity index (χ2n) is 1.86. The minimum Gasteiger partial charge on any atom is -0.466 e. The molecule has 0 unspecified atom stereocenters. The van der Waals surface area contributed by atoms with Gasteiger partial charge in [0.1, 0.15) is 5.76 Å². The molecule has 0 atom stereocenters. The molecule has 0 N–H and O–H groups in total. The Bertz CT molecular complexity index is 209. The number of carbonyl (C=O) groups is 2. The van der Waals surface area contributed by atoms with Crippen molar-refractivity contribution in [3.63, 3.8) is 0 Å². The van der Waals surface area contributed by atoms with Gasteiger partial charge in [-0.2, -0.15) is 0 Å². The molecule has 0 saturated carbocycles. The molecule has 68 valence electrons. The second kappa shape index (κ2) is 5.77. The topological polar surface area (TPSA) is 52.6 Å². The van der Waals surface area contributed by atoms with E-state index in [2.05, 4.69) is 25.4 Å². The molecule has 0 aliphatic heterocycles. The van der Waals surface area contributed by atoms with E-state index in [9.17, 15) is 9.59 Å². The number of rotatable bonds is 3. The number of halogens is 1. The highest BCUT2D eigenvalue weighted by atomic mass is 79.9. The molecular formula is C7H9BrO4. The van der Waals surface area contributed by atoms with E-state index in [1.54, 1.807) is 0 Å². The standard InChI is InChI=1S/C7H9BrO4/c1-5(9)12-6(4-8)3-7(10)11-2/h3H,4H2,1-2H3/b6-3-. The predicted molar refractivity (Wildman–Crippen MR) is 45.7 cm³/mol. The van der Waals surface area contributed by atoms with E-state index in [1.165, 1.54) is 14.0 Å². The molecule has 4 nitrogen and oxygen atoms in total. The third-order valence-corrected chi connectivity index (χ3v) is 1.44. The number of hydrogen-bond acceptors (Lipinski definition) is 4. The third kappa shape index (κ3) is 4.90. The van der Waals surface area contributed by atoms with Crippen LogP contribution in [0.2, 0.25) is 0 Å². The van der Waals surface area contributed by atoms with Crippen molar-refractivity contribution in [2.24, 2.45) is 0 Å². The fraction of sp³-hybridized carbons (Fsp3) is 0.429. The van der Waals surface area contributed by atoms with Crippen molar-refractivity contribution in [3.05, 3.63) is 11.8 Å². The van der Waals surface area contributed by atoms with Gasteiger partial charge < -0.3 is 9.47 Å². The molecule has 0 aliphatic rings. The van der Waals surface area contributed by atoms with Crippen LogP contribution in [-0.2, 0) is 19.1 Å². The van der Waals surface area contributed by atoms with E-state index in [0.29, 0.717) is 5.33 Å². The minimum atomic E-state index is -0.550. The van der Waals surface area contributed by atoms with E-state index in [4.69, 9.17) is 0 Å². The molecule has 0 aromatic carbocycles. The zero-order chi connectivity index (χ0) is 9.56. The average Bonchev–Trinajstić information content (AvgIpc) is 2.02. The highest BCUT2D eigenvalue weighted by Gasteiger charge is 2.03. The Morgan fingerprint density at radius 3 is 2.42 bits per heavy atom. The lowest BCUT2D eigenvalue weighted by Crippen LogP contribution is -2.04. The number of hydrogen-bond donors (Lipinski definition) is 0. The summed E-state index contributed by atoms with van der Waals surface area (Å²) in [5, 5.41) is 0.293. The monoisotopic (exact) mass is 236 g/mol. The first-order chi connectivity index (χ1) is 5.60. The normalized spacial score (nSPS) is 10.8. The van der Waals surface area contributed by atoms with Gasteiger partial charge in [-0.05, 0) is 0 Å². The Balaban J connectivity index is 4.22. The molecular weight excluding hydrogens is 228 g/mol. The van der Waals surface area contributed by atoms with E-state index >= 15 is 0 Å². The smallest absolute Gasteiger partial charge is 0.333 e. The van der Waals surface area contributed by atoms with Crippen LogP contribution >= 0.6 is 15.9 Å². The maximum Gasteiger partial charge on any atom is 0.333 e. The first kappa shape index (κ1) is 11.2. The fourth-order valence-electron chi connectivity index (χ4n) is 0.470. The molecule has 0 fully saturated rings. The van der Waals surface area contributed by atoms with Crippen molar-refractivity contribution >= 4 is 27.9 Å². The molecule has 0 radical (unpaired) electrons. The maximum absolute atomic E-state index is 10.7. The molecule has 0 aliphatic carbocycles. The first-order valence-corrected chi connectivity index (χ1v) is 4.25. The van der Waals surface area contributed by atoms with Crippen LogP contribution in [0.25, 0.3) is 0 Å². The molecule has 0 rings (SSSR count). The summed E-state index contributed by atoms with van der Waals surface area (Å²) in [6.07, 6.45) is 1.11. The first-order valence-electron chi connectivity index (χ1n) is 3.13. The van der Waals surface area contributed by atoms with Gasteiger partial charge in [-0.15, -0.1) is 0 Å². The third-order valence-electron chi connectivity index (χ3n) is 0.887. The number of allylic oxidation sites excluding steroid dienone is 1. The van der Waals surface area contributed by atoms with Crippen LogP contribution in [-0.4, -0.2) is 24.4 Å². The fourth-order valence-corrected chi connectivity index (χ4v) is 0.747. The van der Waals surface area contributed by atoms with E-state index in [0.717, 1.165) is 6.08 Å². The summed E-state index contributed by atoms with van der Waals surface area (Å²) < 4.78 is 8.98. The van der Waals surface area contributed by atoms with E-state index < -0.39 is 11.9 Å².